The van der Waals surface area contributed by atoms with Gasteiger partial charge in [-0.25, -0.2) is 9.37 Å². The first kappa shape index (κ1) is 24.3. The van der Waals surface area contributed by atoms with Gasteiger partial charge >= 0.3 is 6.18 Å². The van der Waals surface area contributed by atoms with E-state index in [4.69, 9.17) is 10.00 Å². The molecule has 0 radical (unpaired) electrons. The van der Waals surface area contributed by atoms with Gasteiger partial charge in [0, 0.05) is 10.9 Å². The predicted molar refractivity (Wildman–Crippen MR) is 117 cm³/mol. The minimum Gasteiger partial charge on any atom is -0.496 e. The van der Waals surface area contributed by atoms with Gasteiger partial charge in [0.05, 0.1) is 24.9 Å². The van der Waals surface area contributed by atoms with Crippen molar-refractivity contribution in [1.82, 2.24) is 4.98 Å². The molecule has 2 N–H and O–H groups in total. The number of hydrogen-bond donors (Lipinski definition) is 2. The number of ether oxygens (including phenoxy) is 1. The average molecular weight is 461 g/mol. The maximum absolute atomic E-state index is 14.1. The highest BCUT2D eigenvalue weighted by Crippen LogP contribution is 2.44. The van der Waals surface area contributed by atoms with Crippen LogP contribution in [0.2, 0.25) is 0 Å². The minimum absolute atomic E-state index is 0.113. The number of anilines is 1. The zero-order valence-electron chi connectivity index (χ0n) is 18.3. The lowest BCUT2D eigenvalue weighted by Crippen LogP contribution is -2.53. The van der Waals surface area contributed by atoms with Crippen LogP contribution in [0.15, 0.2) is 48.5 Å². The SMILES string of the molecule is COc1ccc(F)cc1C(C)(C)CC(O)(CNc1cccc2ccc(C#N)nc12)C(F)(F)F. The van der Waals surface area contributed by atoms with Crippen LogP contribution in [0.1, 0.15) is 31.5 Å². The third-order valence-corrected chi connectivity index (χ3v) is 5.56. The number of aliphatic hydroxyl groups is 1. The fraction of sp³-hybridized carbons (Fsp3) is 0.333. The van der Waals surface area contributed by atoms with Gasteiger partial charge in [0.25, 0.3) is 0 Å². The number of aromatic nitrogens is 1. The number of pyridine rings is 1. The molecule has 0 aliphatic carbocycles. The molecule has 0 aliphatic heterocycles. The first-order valence-corrected chi connectivity index (χ1v) is 10.1. The zero-order valence-corrected chi connectivity index (χ0v) is 18.3. The normalized spacial score (nSPS) is 13.9. The molecule has 174 valence electrons. The molecule has 0 fully saturated rings. The summed E-state index contributed by atoms with van der Waals surface area (Å²) in [5.41, 5.74) is -3.59. The Kier molecular flexibility index (Phi) is 6.52. The molecule has 1 heterocycles. The van der Waals surface area contributed by atoms with E-state index in [1.807, 2.05) is 6.07 Å². The van der Waals surface area contributed by atoms with E-state index in [9.17, 15) is 22.7 Å². The molecule has 0 aliphatic rings. The Balaban J connectivity index is 1.96. The second kappa shape index (κ2) is 8.87. The summed E-state index contributed by atoms with van der Waals surface area (Å²) < 4.78 is 61.4. The molecule has 9 heteroatoms. The molecule has 5 nitrogen and oxygen atoms in total. The van der Waals surface area contributed by atoms with Gasteiger partial charge < -0.3 is 15.2 Å². The van der Waals surface area contributed by atoms with Gasteiger partial charge in [-0.3, -0.25) is 0 Å². The zero-order chi connectivity index (χ0) is 24.4. The Bertz CT molecular complexity index is 1200. The quantitative estimate of drug-likeness (QED) is 0.465. The summed E-state index contributed by atoms with van der Waals surface area (Å²) in [6.07, 6.45) is -5.76. The number of benzene rings is 2. The third-order valence-electron chi connectivity index (χ3n) is 5.56. The smallest absolute Gasteiger partial charge is 0.418 e. The molecule has 0 saturated heterocycles. The number of para-hydroxylation sites is 1. The minimum atomic E-state index is -4.99. The van der Waals surface area contributed by atoms with Crippen LogP contribution in [0.5, 0.6) is 5.75 Å². The number of nitriles is 1. The maximum Gasteiger partial charge on any atom is 0.418 e. The van der Waals surface area contributed by atoms with Gasteiger partial charge in [0.1, 0.15) is 23.3 Å². The second-order valence-electron chi connectivity index (χ2n) is 8.47. The van der Waals surface area contributed by atoms with E-state index in [0.717, 1.165) is 12.1 Å². The summed E-state index contributed by atoms with van der Waals surface area (Å²) in [4.78, 5) is 4.17. The van der Waals surface area contributed by atoms with Crippen molar-refractivity contribution in [1.29, 1.82) is 5.26 Å². The molecule has 0 amide bonds. The molecule has 3 rings (SSSR count). The van der Waals surface area contributed by atoms with Crippen LogP contribution in [0, 0.1) is 17.1 Å². The van der Waals surface area contributed by atoms with Crippen molar-refractivity contribution in [2.45, 2.75) is 37.5 Å². The van der Waals surface area contributed by atoms with Crippen molar-refractivity contribution >= 4 is 16.6 Å². The number of nitrogens with zero attached hydrogens (tertiary/aromatic N) is 2. The lowest BCUT2D eigenvalue weighted by Gasteiger charge is -2.38. The first-order chi connectivity index (χ1) is 15.4. The molecule has 0 bridgehead atoms. The highest BCUT2D eigenvalue weighted by Gasteiger charge is 2.56. The lowest BCUT2D eigenvalue weighted by molar-refractivity contribution is -0.260. The van der Waals surface area contributed by atoms with E-state index in [1.165, 1.54) is 39.2 Å². The van der Waals surface area contributed by atoms with Crippen molar-refractivity contribution < 1.29 is 27.4 Å². The monoisotopic (exact) mass is 461 g/mol. The topological polar surface area (TPSA) is 78.2 Å². The molecule has 1 unspecified atom stereocenters. The van der Waals surface area contributed by atoms with Crippen LogP contribution in [0.4, 0.5) is 23.2 Å². The van der Waals surface area contributed by atoms with Crippen LogP contribution < -0.4 is 10.1 Å². The van der Waals surface area contributed by atoms with E-state index in [2.05, 4.69) is 10.3 Å². The lowest BCUT2D eigenvalue weighted by atomic mass is 9.74. The van der Waals surface area contributed by atoms with Gasteiger partial charge in [-0.2, -0.15) is 18.4 Å². The molecular weight excluding hydrogens is 438 g/mol. The van der Waals surface area contributed by atoms with E-state index >= 15 is 0 Å². The van der Waals surface area contributed by atoms with Gasteiger partial charge in [-0.1, -0.05) is 26.0 Å². The summed E-state index contributed by atoms with van der Waals surface area (Å²) >= 11 is 0. The Morgan fingerprint density at radius 3 is 2.48 bits per heavy atom. The standard InChI is InChI=1S/C24H23F4N3O2/c1-22(2,18-11-16(25)8-10-20(18)33-3)13-23(32,24(26,27)28)14-30-19-6-4-5-15-7-9-17(12-29)31-21(15)19/h4-11,30,32H,13-14H2,1-3H3. The molecule has 2 aromatic carbocycles. The molecule has 1 aromatic heterocycles. The number of methoxy groups -OCH3 is 1. The summed E-state index contributed by atoms with van der Waals surface area (Å²) in [7, 11) is 1.34. The number of rotatable bonds is 7. The number of nitrogens with one attached hydrogen (secondary N) is 1. The predicted octanol–water partition coefficient (Wildman–Crippen LogP) is 5.33. The molecule has 0 saturated carbocycles. The van der Waals surface area contributed by atoms with Crippen LogP contribution in [-0.2, 0) is 5.41 Å². The van der Waals surface area contributed by atoms with Crippen molar-refractivity contribution in [2.75, 3.05) is 19.0 Å². The fourth-order valence-electron chi connectivity index (χ4n) is 3.89. The molecule has 0 spiro atoms. The number of halogens is 4. The van der Waals surface area contributed by atoms with Gasteiger partial charge in [0.2, 0.25) is 0 Å². The van der Waals surface area contributed by atoms with E-state index in [0.29, 0.717) is 10.9 Å². The van der Waals surface area contributed by atoms with E-state index in [-0.39, 0.29) is 22.7 Å². The van der Waals surface area contributed by atoms with Crippen molar-refractivity contribution in [2.24, 2.45) is 0 Å². The van der Waals surface area contributed by atoms with Crippen molar-refractivity contribution in [3.05, 3.63) is 65.6 Å². The molecule has 33 heavy (non-hydrogen) atoms. The number of alkyl halides is 3. The van der Waals surface area contributed by atoms with Crippen molar-refractivity contribution in [3.8, 4) is 11.8 Å². The maximum atomic E-state index is 14.1. The van der Waals surface area contributed by atoms with Crippen LogP contribution in [0.3, 0.4) is 0 Å². The van der Waals surface area contributed by atoms with Gasteiger partial charge in [-0.15, -0.1) is 0 Å². The summed E-state index contributed by atoms with van der Waals surface area (Å²) in [6, 6.07) is 13.5. The van der Waals surface area contributed by atoms with Gasteiger partial charge in [-0.05, 0) is 48.2 Å². The van der Waals surface area contributed by atoms with E-state index < -0.39 is 36.0 Å². The third kappa shape index (κ3) is 5.01. The summed E-state index contributed by atoms with van der Waals surface area (Å²) in [6.45, 7) is 2.09. The Hall–Kier alpha value is -3.38. The highest BCUT2D eigenvalue weighted by atomic mass is 19.4. The first-order valence-electron chi connectivity index (χ1n) is 10.1. The van der Waals surface area contributed by atoms with E-state index in [1.54, 1.807) is 18.2 Å². The van der Waals surface area contributed by atoms with Crippen LogP contribution in [0.25, 0.3) is 10.9 Å². The van der Waals surface area contributed by atoms with Gasteiger partial charge in [0.15, 0.2) is 5.60 Å². The molecule has 1 atom stereocenters. The largest absolute Gasteiger partial charge is 0.496 e. The molecular formula is C24H23F4N3O2. The summed E-state index contributed by atoms with van der Waals surface area (Å²) in [5.74, 6) is -0.399. The summed E-state index contributed by atoms with van der Waals surface area (Å²) in [5, 5.41) is 23.2. The Labute approximate surface area is 188 Å². The highest BCUT2D eigenvalue weighted by molar-refractivity contribution is 5.90. The van der Waals surface area contributed by atoms with Crippen LogP contribution >= 0.6 is 0 Å². The fourth-order valence-corrected chi connectivity index (χ4v) is 3.89. The Morgan fingerprint density at radius 2 is 1.85 bits per heavy atom. The number of fused-ring (bicyclic) bond motifs is 1. The average Bonchev–Trinajstić information content (AvgIpc) is 2.76. The Morgan fingerprint density at radius 1 is 1.12 bits per heavy atom. The molecule has 3 aromatic rings. The number of hydrogen-bond acceptors (Lipinski definition) is 5. The van der Waals surface area contributed by atoms with Crippen molar-refractivity contribution in [3.63, 3.8) is 0 Å². The van der Waals surface area contributed by atoms with Crippen LogP contribution in [-0.4, -0.2) is 35.5 Å². The second-order valence-corrected chi connectivity index (χ2v) is 8.47.